The summed E-state index contributed by atoms with van der Waals surface area (Å²) in [5.41, 5.74) is 1.76. The van der Waals surface area contributed by atoms with Crippen LogP contribution in [-0.4, -0.2) is 37.6 Å². The molecular formula is C21H24N6O2. The standard InChI is InChI=1S/C21H24N6O2/c1-15(2)20(26-19(28)10-16-6-4-3-5-7-16)21(29)24-12-17-8-9-18(23-11-17)27-14-22-13-25-27/h3-9,11,13-15,20H,10,12H2,1-2H3,(H,24,29)(H,26,28)/t20-/m1/s1. The lowest BCUT2D eigenvalue weighted by atomic mass is 10.0. The zero-order chi connectivity index (χ0) is 20.6. The summed E-state index contributed by atoms with van der Waals surface area (Å²) < 4.78 is 1.55. The van der Waals surface area contributed by atoms with Crippen LogP contribution in [0.3, 0.4) is 0 Å². The van der Waals surface area contributed by atoms with Crippen LogP contribution in [0.5, 0.6) is 0 Å². The fourth-order valence-corrected chi connectivity index (χ4v) is 2.82. The van der Waals surface area contributed by atoms with E-state index >= 15 is 0 Å². The minimum absolute atomic E-state index is 0.0393. The summed E-state index contributed by atoms with van der Waals surface area (Å²) in [7, 11) is 0. The first kappa shape index (κ1) is 20.2. The Hall–Kier alpha value is -3.55. The van der Waals surface area contributed by atoms with Crippen molar-refractivity contribution in [3.8, 4) is 5.82 Å². The Bertz CT molecular complexity index is 924. The van der Waals surface area contributed by atoms with Crippen molar-refractivity contribution < 1.29 is 9.59 Å². The first-order valence-electron chi connectivity index (χ1n) is 9.44. The Morgan fingerprint density at radius 3 is 2.48 bits per heavy atom. The third kappa shape index (κ3) is 5.71. The summed E-state index contributed by atoms with van der Waals surface area (Å²) in [5.74, 6) is 0.207. The van der Waals surface area contributed by atoms with Gasteiger partial charge in [0.25, 0.3) is 0 Å². The average Bonchev–Trinajstić information content (AvgIpc) is 3.26. The van der Waals surface area contributed by atoms with Gasteiger partial charge in [-0.3, -0.25) is 9.59 Å². The highest BCUT2D eigenvalue weighted by Crippen LogP contribution is 2.07. The second kappa shape index (κ2) is 9.59. The van der Waals surface area contributed by atoms with E-state index in [0.717, 1.165) is 11.1 Å². The summed E-state index contributed by atoms with van der Waals surface area (Å²) >= 11 is 0. The van der Waals surface area contributed by atoms with Gasteiger partial charge in [-0.2, -0.15) is 5.10 Å². The maximum absolute atomic E-state index is 12.6. The summed E-state index contributed by atoms with van der Waals surface area (Å²) in [4.78, 5) is 33.2. The number of rotatable bonds is 8. The van der Waals surface area contributed by atoms with Crippen molar-refractivity contribution in [3.05, 3.63) is 72.4 Å². The van der Waals surface area contributed by atoms with Gasteiger partial charge in [0.05, 0.1) is 6.42 Å². The van der Waals surface area contributed by atoms with Gasteiger partial charge < -0.3 is 10.6 Å². The number of hydrogen-bond acceptors (Lipinski definition) is 5. The molecule has 3 aromatic rings. The van der Waals surface area contributed by atoms with Crippen LogP contribution in [0.15, 0.2) is 61.3 Å². The number of aromatic nitrogens is 4. The predicted octanol–water partition coefficient (Wildman–Crippen LogP) is 1.66. The molecule has 0 saturated carbocycles. The van der Waals surface area contributed by atoms with Gasteiger partial charge >= 0.3 is 0 Å². The van der Waals surface area contributed by atoms with Crippen LogP contribution in [0.1, 0.15) is 25.0 Å². The van der Waals surface area contributed by atoms with Crippen molar-refractivity contribution in [2.24, 2.45) is 5.92 Å². The molecule has 2 heterocycles. The van der Waals surface area contributed by atoms with Crippen molar-refractivity contribution in [3.63, 3.8) is 0 Å². The summed E-state index contributed by atoms with van der Waals surface area (Å²) in [5, 5.41) is 9.74. The van der Waals surface area contributed by atoms with Gasteiger partial charge in [0.15, 0.2) is 5.82 Å². The molecule has 3 rings (SSSR count). The molecule has 150 valence electrons. The van der Waals surface area contributed by atoms with Crippen molar-refractivity contribution in [2.45, 2.75) is 32.9 Å². The second-order valence-electron chi connectivity index (χ2n) is 7.03. The highest BCUT2D eigenvalue weighted by molar-refractivity contribution is 5.88. The molecule has 0 saturated heterocycles. The molecule has 0 radical (unpaired) electrons. The lowest BCUT2D eigenvalue weighted by molar-refractivity contribution is -0.129. The van der Waals surface area contributed by atoms with E-state index in [1.807, 2.05) is 50.2 Å². The fraction of sp³-hybridized carbons (Fsp3) is 0.286. The van der Waals surface area contributed by atoms with Crippen LogP contribution in [0.4, 0.5) is 0 Å². The first-order chi connectivity index (χ1) is 14.0. The molecule has 0 spiro atoms. The van der Waals surface area contributed by atoms with Gasteiger partial charge in [-0.1, -0.05) is 50.2 Å². The van der Waals surface area contributed by atoms with Crippen LogP contribution in [0.25, 0.3) is 5.82 Å². The molecule has 0 bridgehead atoms. The molecule has 0 fully saturated rings. The van der Waals surface area contributed by atoms with E-state index in [1.54, 1.807) is 23.3 Å². The maximum Gasteiger partial charge on any atom is 0.243 e. The molecule has 8 nitrogen and oxygen atoms in total. The molecule has 0 aliphatic rings. The Kier molecular flexibility index (Phi) is 6.67. The molecule has 1 aromatic carbocycles. The summed E-state index contributed by atoms with van der Waals surface area (Å²) in [6.07, 6.45) is 4.92. The lowest BCUT2D eigenvalue weighted by Crippen LogP contribution is -2.49. The van der Waals surface area contributed by atoms with E-state index in [2.05, 4.69) is 25.7 Å². The number of pyridine rings is 1. The van der Waals surface area contributed by atoms with Crippen molar-refractivity contribution in [1.82, 2.24) is 30.4 Å². The number of benzene rings is 1. The van der Waals surface area contributed by atoms with Crippen LogP contribution < -0.4 is 10.6 Å². The number of hydrogen-bond donors (Lipinski definition) is 2. The molecule has 2 aromatic heterocycles. The number of carbonyl (C=O) groups excluding carboxylic acids is 2. The third-order valence-electron chi connectivity index (χ3n) is 4.40. The SMILES string of the molecule is CC(C)[C@@H](NC(=O)Cc1ccccc1)C(=O)NCc1ccc(-n2cncn2)nc1. The maximum atomic E-state index is 12.6. The quantitative estimate of drug-likeness (QED) is 0.607. The number of carbonyl (C=O) groups is 2. The van der Waals surface area contributed by atoms with Gasteiger partial charge in [-0.25, -0.2) is 14.6 Å². The first-order valence-corrected chi connectivity index (χ1v) is 9.44. The predicted molar refractivity (Wildman–Crippen MR) is 108 cm³/mol. The van der Waals surface area contributed by atoms with Gasteiger partial charge in [0, 0.05) is 12.7 Å². The smallest absolute Gasteiger partial charge is 0.243 e. The molecule has 0 aliphatic heterocycles. The molecule has 2 N–H and O–H groups in total. The van der Waals surface area contributed by atoms with Gasteiger partial charge in [-0.15, -0.1) is 0 Å². The molecule has 0 unspecified atom stereocenters. The number of amides is 2. The van der Waals surface area contributed by atoms with Crippen LogP contribution >= 0.6 is 0 Å². The van der Waals surface area contributed by atoms with Crippen molar-refractivity contribution in [2.75, 3.05) is 0 Å². The van der Waals surface area contributed by atoms with Crippen molar-refractivity contribution in [1.29, 1.82) is 0 Å². The van der Waals surface area contributed by atoms with Crippen molar-refractivity contribution >= 4 is 11.8 Å². The summed E-state index contributed by atoms with van der Waals surface area (Å²) in [6, 6.07) is 12.5. The van der Waals surface area contributed by atoms with E-state index in [1.165, 1.54) is 6.33 Å². The Labute approximate surface area is 169 Å². The van der Waals surface area contributed by atoms with E-state index in [0.29, 0.717) is 12.4 Å². The molecular weight excluding hydrogens is 368 g/mol. The van der Waals surface area contributed by atoms with E-state index in [-0.39, 0.29) is 24.2 Å². The fourth-order valence-electron chi connectivity index (χ4n) is 2.82. The highest BCUT2D eigenvalue weighted by atomic mass is 16.2. The van der Waals surface area contributed by atoms with Gasteiger partial charge in [0.1, 0.15) is 18.7 Å². The zero-order valence-corrected chi connectivity index (χ0v) is 16.4. The monoisotopic (exact) mass is 392 g/mol. The summed E-state index contributed by atoms with van der Waals surface area (Å²) in [6.45, 7) is 4.13. The minimum Gasteiger partial charge on any atom is -0.350 e. The zero-order valence-electron chi connectivity index (χ0n) is 16.4. The largest absolute Gasteiger partial charge is 0.350 e. The number of nitrogens with zero attached hydrogens (tertiary/aromatic N) is 4. The van der Waals surface area contributed by atoms with E-state index in [4.69, 9.17) is 0 Å². The second-order valence-corrected chi connectivity index (χ2v) is 7.03. The van der Waals surface area contributed by atoms with Crippen LogP contribution in [-0.2, 0) is 22.6 Å². The highest BCUT2D eigenvalue weighted by Gasteiger charge is 2.24. The number of nitrogens with one attached hydrogen (secondary N) is 2. The van der Waals surface area contributed by atoms with Crippen LogP contribution in [0, 0.1) is 5.92 Å². The third-order valence-corrected chi connectivity index (χ3v) is 4.40. The lowest BCUT2D eigenvalue weighted by Gasteiger charge is -2.22. The van der Waals surface area contributed by atoms with E-state index in [9.17, 15) is 9.59 Å². The average molecular weight is 392 g/mol. The van der Waals surface area contributed by atoms with Gasteiger partial charge in [0.2, 0.25) is 11.8 Å². The normalized spacial score (nSPS) is 11.8. The Morgan fingerprint density at radius 2 is 1.86 bits per heavy atom. The minimum atomic E-state index is -0.603. The molecule has 29 heavy (non-hydrogen) atoms. The van der Waals surface area contributed by atoms with E-state index < -0.39 is 6.04 Å². The Morgan fingerprint density at radius 1 is 1.07 bits per heavy atom. The molecule has 8 heteroatoms. The van der Waals surface area contributed by atoms with Gasteiger partial charge in [-0.05, 0) is 23.1 Å². The molecule has 0 aliphatic carbocycles. The van der Waals surface area contributed by atoms with Crippen LogP contribution in [0.2, 0.25) is 0 Å². The molecule has 1 atom stereocenters. The topological polar surface area (TPSA) is 102 Å². The molecule has 2 amide bonds. The Balaban J connectivity index is 1.54.